The first-order valence-electron chi connectivity index (χ1n) is 7.11. The van der Waals surface area contributed by atoms with Gasteiger partial charge in [0.25, 0.3) is 0 Å². The minimum absolute atomic E-state index is 0.690. The third-order valence-corrected chi connectivity index (χ3v) is 3.35. The SMILES string of the molecule is CCCC(CCC)NCc1ccccc1CC. The molecule has 1 N–H and O–H groups in total. The molecule has 0 unspecified atom stereocenters. The highest BCUT2D eigenvalue weighted by molar-refractivity contribution is 5.26. The van der Waals surface area contributed by atoms with E-state index in [0.717, 1.165) is 13.0 Å². The van der Waals surface area contributed by atoms with Gasteiger partial charge in [0.05, 0.1) is 0 Å². The summed E-state index contributed by atoms with van der Waals surface area (Å²) in [4.78, 5) is 0. The van der Waals surface area contributed by atoms with E-state index in [1.807, 2.05) is 0 Å². The molecule has 0 radical (unpaired) electrons. The van der Waals surface area contributed by atoms with Crippen molar-refractivity contribution in [3.63, 3.8) is 0 Å². The topological polar surface area (TPSA) is 12.0 Å². The quantitative estimate of drug-likeness (QED) is 0.705. The molecule has 1 heteroatoms. The van der Waals surface area contributed by atoms with Crippen molar-refractivity contribution in [1.82, 2.24) is 5.32 Å². The van der Waals surface area contributed by atoms with Crippen molar-refractivity contribution in [3.05, 3.63) is 35.4 Å². The number of aryl methyl sites for hydroxylation is 1. The fourth-order valence-electron chi connectivity index (χ4n) is 2.37. The van der Waals surface area contributed by atoms with Gasteiger partial charge in [-0.3, -0.25) is 0 Å². The standard InChI is InChI=1S/C16H27N/c1-4-9-16(10-5-2)17-13-15-12-8-7-11-14(15)6-3/h7-8,11-12,16-17H,4-6,9-10,13H2,1-3H3. The van der Waals surface area contributed by atoms with Crippen molar-refractivity contribution in [2.45, 2.75) is 65.5 Å². The van der Waals surface area contributed by atoms with Crippen molar-refractivity contribution in [2.24, 2.45) is 0 Å². The van der Waals surface area contributed by atoms with Crippen LogP contribution in [-0.4, -0.2) is 6.04 Å². The fourth-order valence-corrected chi connectivity index (χ4v) is 2.37. The zero-order valence-corrected chi connectivity index (χ0v) is 11.6. The Morgan fingerprint density at radius 2 is 1.53 bits per heavy atom. The number of benzene rings is 1. The highest BCUT2D eigenvalue weighted by atomic mass is 14.9. The van der Waals surface area contributed by atoms with Crippen LogP contribution in [0.2, 0.25) is 0 Å². The normalized spacial score (nSPS) is 11.1. The van der Waals surface area contributed by atoms with Gasteiger partial charge in [0.2, 0.25) is 0 Å². The number of hydrogen-bond acceptors (Lipinski definition) is 1. The van der Waals surface area contributed by atoms with Crippen molar-refractivity contribution >= 4 is 0 Å². The molecule has 1 aromatic rings. The summed E-state index contributed by atoms with van der Waals surface area (Å²) < 4.78 is 0. The Bertz CT molecular complexity index is 300. The van der Waals surface area contributed by atoms with Crippen LogP contribution >= 0.6 is 0 Å². The zero-order valence-electron chi connectivity index (χ0n) is 11.6. The molecule has 0 bridgehead atoms. The lowest BCUT2D eigenvalue weighted by molar-refractivity contribution is 0.442. The number of hydrogen-bond donors (Lipinski definition) is 1. The fraction of sp³-hybridized carbons (Fsp3) is 0.625. The first-order valence-corrected chi connectivity index (χ1v) is 7.11. The maximum Gasteiger partial charge on any atom is 0.0210 e. The molecule has 1 aromatic carbocycles. The van der Waals surface area contributed by atoms with Crippen LogP contribution in [0.25, 0.3) is 0 Å². The van der Waals surface area contributed by atoms with E-state index in [1.54, 1.807) is 0 Å². The Labute approximate surface area is 107 Å². The van der Waals surface area contributed by atoms with E-state index in [4.69, 9.17) is 0 Å². The molecule has 0 aromatic heterocycles. The van der Waals surface area contributed by atoms with Gasteiger partial charge in [0.1, 0.15) is 0 Å². The largest absolute Gasteiger partial charge is 0.310 e. The van der Waals surface area contributed by atoms with Crippen molar-refractivity contribution in [1.29, 1.82) is 0 Å². The van der Waals surface area contributed by atoms with Crippen LogP contribution in [0, 0.1) is 0 Å². The summed E-state index contributed by atoms with van der Waals surface area (Å²) >= 11 is 0. The molecule has 0 spiro atoms. The Morgan fingerprint density at radius 3 is 2.06 bits per heavy atom. The first-order chi connectivity index (χ1) is 8.31. The summed E-state index contributed by atoms with van der Waals surface area (Å²) in [5.74, 6) is 0. The summed E-state index contributed by atoms with van der Waals surface area (Å²) in [6, 6.07) is 9.46. The summed E-state index contributed by atoms with van der Waals surface area (Å²) in [5.41, 5.74) is 2.94. The second-order valence-electron chi connectivity index (χ2n) is 4.78. The van der Waals surface area contributed by atoms with Crippen LogP contribution in [0.3, 0.4) is 0 Å². The molecule has 0 aliphatic carbocycles. The van der Waals surface area contributed by atoms with Gasteiger partial charge in [0, 0.05) is 12.6 Å². The number of nitrogens with one attached hydrogen (secondary N) is 1. The Kier molecular flexibility index (Phi) is 6.95. The van der Waals surface area contributed by atoms with Gasteiger partial charge in [0.15, 0.2) is 0 Å². The average molecular weight is 233 g/mol. The Morgan fingerprint density at radius 1 is 0.941 bits per heavy atom. The zero-order chi connectivity index (χ0) is 12.5. The highest BCUT2D eigenvalue weighted by Gasteiger charge is 2.06. The molecule has 17 heavy (non-hydrogen) atoms. The Hall–Kier alpha value is -0.820. The smallest absolute Gasteiger partial charge is 0.0210 e. The van der Waals surface area contributed by atoms with E-state index in [-0.39, 0.29) is 0 Å². The lowest BCUT2D eigenvalue weighted by atomic mass is 10.0. The molecule has 0 saturated heterocycles. The van der Waals surface area contributed by atoms with E-state index >= 15 is 0 Å². The van der Waals surface area contributed by atoms with Gasteiger partial charge in [-0.2, -0.15) is 0 Å². The van der Waals surface area contributed by atoms with E-state index in [1.165, 1.54) is 36.8 Å². The third kappa shape index (κ3) is 4.91. The first kappa shape index (κ1) is 14.2. The van der Waals surface area contributed by atoms with Crippen molar-refractivity contribution in [2.75, 3.05) is 0 Å². The molecular weight excluding hydrogens is 206 g/mol. The monoisotopic (exact) mass is 233 g/mol. The minimum atomic E-state index is 0.690. The molecule has 0 fully saturated rings. The van der Waals surface area contributed by atoms with E-state index < -0.39 is 0 Å². The second-order valence-corrected chi connectivity index (χ2v) is 4.78. The molecule has 0 saturated carbocycles. The molecular formula is C16H27N. The molecule has 0 aliphatic heterocycles. The van der Waals surface area contributed by atoms with Crippen LogP contribution in [0.4, 0.5) is 0 Å². The third-order valence-electron chi connectivity index (χ3n) is 3.35. The maximum absolute atomic E-state index is 3.71. The van der Waals surface area contributed by atoms with Gasteiger partial charge in [-0.25, -0.2) is 0 Å². The van der Waals surface area contributed by atoms with Gasteiger partial charge < -0.3 is 5.32 Å². The average Bonchev–Trinajstić information content (AvgIpc) is 2.37. The molecule has 96 valence electrons. The lowest BCUT2D eigenvalue weighted by Gasteiger charge is -2.18. The van der Waals surface area contributed by atoms with Gasteiger partial charge in [-0.1, -0.05) is 57.9 Å². The summed E-state index contributed by atoms with van der Waals surface area (Å²) in [7, 11) is 0. The van der Waals surface area contributed by atoms with Crippen LogP contribution < -0.4 is 5.32 Å². The van der Waals surface area contributed by atoms with Crippen LogP contribution in [0.15, 0.2) is 24.3 Å². The van der Waals surface area contributed by atoms with E-state index in [0.29, 0.717) is 6.04 Å². The van der Waals surface area contributed by atoms with E-state index in [9.17, 15) is 0 Å². The minimum Gasteiger partial charge on any atom is -0.310 e. The molecule has 0 atom stereocenters. The summed E-state index contributed by atoms with van der Waals surface area (Å²) in [6.07, 6.45) is 6.26. The van der Waals surface area contributed by atoms with Crippen molar-refractivity contribution < 1.29 is 0 Å². The molecule has 1 nitrogen and oxygen atoms in total. The van der Waals surface area contributed by atoms with Crippen LogP contribution in [0.5, 0.6) is 0 Å². The van der Waals surface area contributed by atoms with Gasteiger partial charge in [-0.05, 0) is 30.4 Å². The number of rotatable bonds is 8. The predicted molar refractivity (Wildman–Crippen MR) is 76.3 cm³/mol. The summed E-state index contributed by atoms with van der Waals surface area (Å²) in [5, 5.41) is 3.71. The summed E-state index contributed by atoms with van der Waals surface area (Å²) in [6.45, 7) is 7.79. The van der Waals surface area contributed by atoms with Gasteiger partial charge in [-0.15, -0.1) is 0 Å². The van der Waals surface area contributed by atoms with Crippen molar-refractivity contribution in [3.8, 4) is 0 Å². The lowest BCUT2D eigenvalue weighted by Crippen LogP contribution is -2.28. The maximum atomic E-state index is 3.71. The molecule has 1 rings (SSSR count). The highest BCUT2D eigenvalue weighted by Crippen LogP contribution is 2.11. The van der Waals surface area contributed by atoms with Gasteiger partial charge >= 0.3 is 0 Å². The van der Waals surface area contributed by atoms with E-state index in [2.05, 4.69) is 50.4 Å². The molecule has 0 aliphatic rings. The predicted octanol–water partition coefficient (Wildman–Crippen LogP) is 4.31. The van der Waals surface area contributed by atoms with Crippen LogP contribution in [-0.2, 0) is 13.0 Å². The second kappa shape index (κ2) is 8.30. The molecule has 0 heterocycles. The molecule has 0 amide bonds. The van der Waals surface area contributed by atoms with Crippen LogP contribution in [0.1, 0.15) is 57.6 Å². The Balaban J connectivity index is 2.52.